The lowest BCUT2D eigenvalue weighted by atomic mass is 9.86. The molecule has 26 heavy (non-hydrogen) atoms. The summed E-state index contributed by atoms with van der Waals surface area (Å²) in [5.74, 6) is 0.695. The van der Waals surface area contributed by atoms with E-state index in [1.54, 1.807) is 7.05 Å². The molecule has 1 atom stereocenters. The van der Waals surface area contributed by atoms with Gasteiger partial charge in [-0.05, 0) is 25.4 Å². The molecule has 1 unspecified atom stereocenters. The first-order valence-corrected chi connectivity index (χ1v) is 9.36. The molecule has 0 radical (unpaired) electrons. The van der Waals surface area contributed by atoms with Gasteiger partial charge in [-0.1, -0.05) is 34.6 Å². The fraction of sp³-hybridized carbons (Fsp3) is 0.737. The van der Waals surface area contributed by atoms with E-state index in [0.29, 0.717) is 12.2 Å². The van der Waals surface area contributed by atoms with Crippen LogP contribution < -0.4 is 10.6 Å². The van der Waals surface area contributed by atoms with Crippen molar-refractivity contribution >= 4 is 11.8 Å². The average molecular weight is 364 g/mol. The van der Waals surface area contributed by atoms with Gasteiger partial charge in [-0.25, -0.2) is 4.98 Å². The maximum atomic E-state index is 13.1. The summed E-state index contributed by atoms with van der Waals surface area (Å²) in [6, 6.07) is -0.622. The van der Waals surface area contributed by atoms with Crippen LogP contribution in [0.2, 0.25) is 0 Å². The Morgan fingerprint density at radius 1 is 1.19 bits per heavy atom. The second kappa shape index (κ2) is 7.78. The van der Waals surface area contributed by atoms with Crippen LogP contribution in [0, 0.1) is 5.41 Å². The molecule has 1 aliphatic rings. The number of fused-ring (bicyclic) bond motifs is 1. The van der Waals surface area contributed by atoms with Crippen molar-refractivity contribution in [1.29, 1.82) is 0 Å². The number of hydrogen-bond donors (Lipinski definition) is 2. The van der Waals surface area contributed by atoms with Gasteiger partial charge in [0.05, 0.1) is 5.69 Å². The molecule has 1 aliphatic heterocycles. The Labute approximate surface area is 156 Å². The molecular formula is C19H33N5O2. The van der Waals surface area contributed by atoms with Crippen molar-refractivity contribution in [2.75, 3.05) is 20.6 Å². The largest absolute Gasteiger partial charge is 0.357 e. The third-order valence-electron chi connectivity index (χ3n) is 4.82. The highest BCUT2D eigenvalue weighted by Crippen LogP contribution is 2.25. The quantitative estimate of drug-likeness (QED) is 0.854. The van der Waals surface area contributed by atoms with Gasteiger partial charge in [0.2, 0.25) is 5.91 Å². The maximum Gasteiger partial charge on any atom is 0.272 e. The molecule has 2 amide bonds. The lowest BCUT2D eigenvalue weighted by Crippen LogP contribution is -2.53. The van der Waals surface area contributed by atoms with Gasteiger partial charge in [0.15, 0.2) is 5.69 Å². The molecule has 7 heteroatoms. The summed E-state index contributed by atoms with van der Waals surface area (Å²) in [7, 11) is 3.64. The molecule has 0 bridgehead atoms. The summed E-state index contributed by atoms with van der Waals surface area (Å²) < 4.78 is 2.19. The fourth-order valence-corrected chi connectivity index (χ4v) is 3.39. The molecule has 0 spiro atoms. The van der Waals surface area contributed by atoms with Gasteiger partial charge in [0.25, 0.3) is 5.91 Å². The summed E-state index contributed by atoms with van der Waals surface area (Å²) in [5.41, 5.74) is 0.987. The summed E-state index contributed by atoms with van der Waals surface area (Å²) in [6.07, 6.45) is 1.03. The van der Waals surface area contributed by atoms with Gasteiger partial charge in [0, 0.05) is 26.1 Å². The van der Waals surface area contributed by atoms with Crippen LogP contribution in [0.4, 0.5) is 0 Å². The Morgan fingerprint density at radius 3 is 2.38 bits per heavy atom. The fourth-order valence-electron chi connectivity index (χ4n) is 3.39. The molecular weight excluding hydrogens is 330 g/mol. The lowest BCUT2D eigenvalue weighted by molar-refractivity contribution is -0.124. The smallest absolute Gasteiger partial charge is 0.272 e. The minimum Gasteiger partial charge on any atom is -0.357 e. The SMILES string of the molecule is CNC(=O)C(NC(=O)c1nc(C(C)C)n2c1CN(C)CCC2)C(C)(C)C. The Morgan fingerprint density at radius 2 is 1.85 bits per heavy atom. The predicted molar refractivity (Wildman–Crippen MR) is 102 cm³/mol. The van der Waals surface area contributed by atoms with E-state index >= 15 is 0 Å². The van der Waals surface area contributed by atoms with E-state index in [1.807, 2.05) is 20.8 Å². The molecule has 0 fully saturated rings. The molecule has 2 heterocycles. The number of carbonyl (C=O) groups is 2. The summed E-state index contributed by atoms with van der Waals surface area (Å²) in [4.78, 5) is 32.2. The lowest BCUT2D eigenvalue weighted by Gasteiger charge is -2.29. The molecule has 2 rings (SSSR count). The number of amides is 2. The number of rotatable bonds is 4. The zero-order valence-corrected chi connectivity index (χ0v) is 17.1. The number of likely N-dealkylation sites (N-methyl/N-ethyl adjacent to an activating group) is 1. The van der Waals surface area contributed by atoms with Crippen LogP contribution >= 0.6 is 0 Å². The van der Waals surface area contributed by atoms with E-state index in [-0.39, 0.29) is 17.7 Å². The van der Waals surface area contributed by atoms with Crippen LogP contribution in [0.15, 0.2) is 0 Å². The van der Waals surface area contributed by atoms with Crippen molar-refractivity contribution in [3.63, 3.8) is 0 Å². The van der Waals surface area contributed by atoms with Crippen molar-refractivity contribution in [3.8, 4) is 0 Å². The molecule has 2 N–H and O–H groups in total. The molecule has 0 saturated carbocycles. The van der Waals surface area contributed by atoms with E-state index in [2.05, 4.69) is 46.0 Å². The monoisotopic (exact) mass is 363 g/mol. The first-order valence-electron chi connectivity index (χ1n) is 9.36. The van der Waals surface area contributed by atoms with Crippen LogP contribution in [-0.2, 0) is 17.9 Å². The minimum absolute atomic E-state index is 0.197. The van der Waals surface area contributed by atoms with Crippen LogP contribution in [0.3, 0.4) is 0 Å². The van der Waals surface area contributed by atoms with Gasteiger partial charge < -0.3 is 20.1 Å². The second-order valence-corrected chi connectivity index (χ2v) is 8.55. The van der Waals surface area contributed by atoms with Crippen molar-refractivity contribution in [2.45, 2.75) is 66.1 Å². The first-order chi connectivity index (χ1) is 12.1. The average Bonchev–Trinajstić information content (AvgIpc) is 2.78. The van der Waals surface area contributed by atoms with Crippen molar-refractivity contribution in [3.05, 3.63) is 17.2 Å². The number of nitrogens with one attached hydrogen (secondary N) is 2. The zero-order chi connectivity index (χ0) is 19.6. The van der Waals surface area contributed by atoms with E-state index in [9.17, 15) is 9.59 Å². The van der Waals surface area contributed by atoms with Crippen LogP contribution in [0.5, 0.6) is 0 Å². The summed E-state index contributed by atoms with van der Waals surface area (Å²) in [5, 5.41) is 5.56. The molecule has 0 aromatic carbocycles. The van der Waals surface area contributed by atoms with Crippen LogP contribution in [0.25, 0.3) is 0 Å². The van der Waals surface area contributed by atoms with Crippen LogP contribution in [0.1, 0.15) is 69.0 Å². The minimum atomic E-state index is -0.622. The predicted octanol–water partition coefficient (Wildman–Crippen LogP) is 1.73. The zero-order valence-electron chi connectivity index (χ0n) is 17.1. The van der Waals surface area contributed by atoms with E-state index in [1.165, 1.54) is 0 Å². The molecule has 7 nitrogen and oxygen atoms in total. The van der Waals surface area contributed by atoms with Gasteiger partial charge >= 0.3 is 0 Å². The Balaban J connectivity index is 2.41. The van der Waals surface area contributed by atoms with Gasteiger partial charge in [-0.3, -0.25) is 9.59 Å². The molecule has 1 aromatic rings. The molecule has 0 aliphatic carbocycles. The Bertz CT molecular complexity index is 672. The van der Waals surface area contributed by atoms with Crippen LogP contribution in [-0.4, -0.2) is 52.9 Å². The maximum absolute atomic E-state index is 13.1. The van der Waals surface area contributed by atoms with Gasteiger partial charge in [-0.2, -0.15) is 0 Å². The van der Waals surface area contributed by atoms with Crippen molar-refractivity contribution in [1.82, 2.24) is 25.1 Å². The standard InChI is InChI=1S/C19H33N5O2/c1-12(2)16-21-14(13-11-23(7)9-8-10-24(13)16)17(25)22-15(18(26)20-6)19(3,4)5/h12,15H,8-11H2,1-7H3,(H,20,26)(H,22,25). The second-order valence-electron chi connectivity index (χ2n) is 8.55. The Kier molecular flexibility index (Phi) is 6.11. The van der Waals surface area contributed by atoms with Crippen molar-refractivity contribution in [2.24, 2.45) is 5.41 Å². The third kappa shape index (κ3) is 4.26. The van der Waals surface area contributed by atoms with E-state index in [0.717, 1.165) is 31.0 Å². The number of nitrogens with zero attached hydrogens (tertiary/aromatic N) is 3. The third-order valence-corrected chi connectivity index (χ3v) is 4.82. The number of carbonyl (C=O) groups excluding carboxylic acids is 2. The Hall–Kier alpha value is -1.89. The number of hydrogen-bond acceptors (Lipinski definition) is 4. The first kappa shape index (κ1) is 20.4. The highest BCUT2D eigenvalue weighted by atomic mass is 16.2. The molecule has 0 saturated heterocycles. The normalized spacial score (nSPS) is 16.8. The van der Waals surface area contributed by atoms with E-state index in [4.69, 9.17) is 0 Å². The number of imidazole rings is 1. The highest BCUT2D eigenvalue weighted by molar-refractivity contribution is 5.97. The van der Waals surface area contributed by atoms with Crippen molar-refractivity contribution < 1.29 is 9.59 Å². The van der Waals surface area contributed by atoms with E-state index < -0.39 is 11.5 Å². The topological polar surface area (TPSA) is 79.3 Å². The summed E-state index contributed by atoms with van der Waals surface area (Å²) >= 11 is 0. The van der Waals surface area contributed by atoms with Gasteiger partial charge in [0.1, 0.15) is 11.9 Å². The number of aromatic nitrogens is 2. The van der Waals surface area contributed by atoms with Gasteiger partial charge in [-0.15, -0.1) is 0 Å². The molecule has 146 valence electrons. The summed E-state index contributed by atoms with van der Waals surface area (Å²) in [6.45, 7) is 12.5. The molecule has 1 aromatic heterocycles. The highest BCUT2D eigenvalue weighted by Gasteiger charge is 2.34.